The van der Waals surface area contributed by atoms with E-state index < -0.39 is 11.0 Å². The zero-order valence-corrected chi connectivity index (χ0v) is 13.7. The van der Waals surface area contributed by atoms with E-state index in [1.165, 1.54) is 0 Å². The fraction of sp³-hybridized carbons (Fsp3) is 0.579. The Kier molecular flexibility index (Phi) is 3.34. The topological polar surface area (TPSA) is 49.4 Å². The average molecular weight is 312 g/mol. The summed E-state index contributed by atoms with van der Waals surface area (Å²) in [6, 6.07) is 7.91. The molecule has 2 spiro atoms. The molecule has 1 aliphatic carbocycles. The van der Waals surface area contributed by atoms with Gasteiger partial charge in [0.1, 0.15) is 11.3 Å². The Bertz CT molecular complexity index is 671. The van der Waals surface area contributed by atoms with E-state index in [1.54, 1.807) is 0 Å². The summed E-state index contributed by atoms with van der Waals surface area (Å²) in [6.45, 7) is 0.799. The lowest BCUT2D eigenvalue weighted by atomic mass is 9.60. The molecule has 2 aliphatic heterocycles. The SMILES string of the molecule is CN1CCC2(CCCCCCC2=O)C12C(=O)Nc1ccccc12. The summed E-state index contributed by atoms with van der Waals surface area (Å²) in [5.74, 6) is 0.293. The minimum Gasteiger partial charge on any atom is -0.324 e. The van der Waals surface area contributed by atoms with E-state index in [0.717, 1.165) is 56.3 Å². The summed E-state index contributed by atoms with van der Waals surface area (Å²) >= 11 is 0. The highest BCUT2D eigenvalue weighted by Gasteiger charge is 2.68. The maximum absolute atomic E-state index is 13.2. The Morgan fingerprint density at radius 2 is 1.83 bits per heavy atom. The Morgan fingerprint density at radius 1 is 1.04 bits per heavy atom. The lowest BCUT2D eigenvalue weighted by molar-refractivity contribution is -0.145. The van der Waals surface area contributed by atoms with Gasteiger partial charge < -0.3 is 5.32 Å². The predicted molar refractivity (Wildman–Crippen MR) is 89.1 cm³/mol. The standard InChI is InChI=1S/C19H24N2O2/c1-21-13-12-18(11-7-3-2-4-10-16(18)22)19(21)14-8-5-6-9-15(14)20-17(19)23/h5-6,8-9H,2-4,7,10-13H2,1H3,(H,20,23). The summed E-state index contributed by atoms with van der Waals surface area (Å²) in [5, 5.41) is 3.06. The molecule has 4 heteroatoms. The van der Waals surface area contributed by atoms with Gasteiger partial charge >= 0.3 is 0 Å². The van der Waals surface area contributed by atoms with E-state index in [4.69, 9.17) is 0 Å². The van der Waals surface area contributed by atoms with E-state index in [0.29, 0.717) is 12.2 Å². The molecule has 1 aromatic rings. The van der Waals surface area contributed by atoms with E-state index in [2.05, 4.69) is 10.2 Å². The van der Waals surface area contributed by atoms with Crippen molar-refractivity contribution in [2.24, 2.45) is 5.41 Å². The van der Waals surface area contributed by atoms with Crippen molar-refractivity contribution in [3.05, 3.63) is 29.8 Å². The quantitative estimate of drug-likeness (QED) is 0.801. The normalized spacial score (nSPS) is 34.5. The highest BCUT2D eigenvalue weighted by Crippen LogP contribution is 2.60. The molecule has 2 atom stereocenters. The molecule has 3 aliphatic rings. The van der Waals surface area contributed by atoms with Crippen molar-refractivity contribution in [2.75, 3.05) is 18.9 Å². The molecule has 0 bridgehead atoms. The molecule has 4 rings (SSSR count). The number of ketones is 1. The number of nitrogens with one attached hydrogen (secondary N) is 1. The molecule has 2 fully saturated rings. The van der Waals surface area contributed by atoms with Crippen LogP contribution in [0.1, 0.15) is 50.5 Å². The Labute approximate surface area is 137 Å². The molecule has 2 heterocycles. The first-order valence-corrected chi connectivity index (χ1v) is 8.78. The van der Waals surface area contributed by atoms with Crippen LogP contribution in [0, 0.1) is 5.41 Å². The molecule has 23 heavy (non-hydrogen) atoms. The molecule has 1 aromatic carbocycles. The number of hydrogen-bond acceptors (Lipinski definition) is 3. The number of anilines is 1. The number of likely N-dealkylation sites (N-methyl/N-ethyl adjacent to an activating group) is 1. The molecule has 1 amide bonds. The Morgan fingerprint density at radius 3 is 2.70 bits per heavy atom. The number of fused-ring (bicyclic) bond motifs is 3. The van der Waals surface area contributed by atoms with Crippen molar-refractivity contribution in [2.45, 2.75) is 50.5 Å². The van der Waals surface area contributed by atoms with Gasteiger partial charge in [0, 0.05) is 24.2 Å². The van der Waals surface area contributed by atoms with Crippen LogP contribution in [0.15, 0.2) is 24.3 Å². The first kappa shape index (κ1) is 14.9. The van der Waals surface area contributed by atoms with E-state index in [-0.39, 0.29) is 5.91 Å². The van der Waals surface area contributed by atoms with Gasteiger partial charge in [-0.2, -0.15) is 0 Å². The molecule has 0 radical (unpaired) electrons. The van der Waals surface area contributed by atoms with Crippen LogP contribution in [0.4, 0.5) is 5.69 Å². The van der Waals surface area contributed by atoms with Gasteiger partial charge in [-0.25, -0.2) is 0 Å². The number of hydrogen-bond donors (Lipinski definition) is 1. The molecular weight excluding hydrogens is 288 g/mol. The number of likely N-dealkylation sites (tertiary alicyclic amines) is 1. The van der Waals surface area contributed by atoms with Gasteiger partial charge in [-0.3, -0.25) is 14.5 Å². The van der Waals surface area contributed by atoms with E-state index in [9.17, 15) is 9.59 Å². The van der Waals surface area contributed by atoms with Crippen molar-refractivity contribution in [1.29, 1.82) is 0 Å². The van der Waals surface area contributed by atoms with Crippen molar-refractivity contribution in [1.82, 2.24) is 4.90 Å². The summed E-state index contributed by atoms with van der Waals surface area (Å²) in [7, 11) is 2.00. The van der Waals surface area contributed by atoms with Crippen LogP contribution in [-0.4, -0.2) is 30.2 Å². The fourth-order valence-electron chi connectivity index (χ4n) is 5.26. The van der Waals surface area contributed by atoms with Crippen LogP contribution >= 0.6 is 0 Å². The molecule has 0 aromatic heterocycles. The van der Waals surface area contributed by atoms with Gasteiger partial charge in [0.15, 0.2) is 0 Å². The van der Waals surface area contributed by atoms with Gasteiger partial charge in [0.25, 0.3) is 5.91 Å². The third kappa shape index (κ3) is 1.76. The van der Waals surface area contributed by atoms with Gasteiger partial charge in [-0.05, 0) is 32.4 Å². The highest BCUT2D eigenvalue weighted by atomic mass is 16.2. The lowest BCUT2D eigenvalue weighted by Crippen LogP contribution is -2.57. The van der Waals surface area contributed by atoms with Crippen LogP contribution in [0.5, 0.6) is 0 Å². The van der Waals surface area contributed by atoms with Gasteiger partial charge in [-0.15, -0.1) is 0 Å². The average Bonchev–Trinajstić information content (AvgIpc) is 3.00. The van der Waals surface area contributed by atoms with Crippen LogP contribution < -0.4 is 5.32 Å². The summed E-state index contributed by atoms with van der Waals surface area (Å²) < 4.78 is 0. The van der Waals surface area contributed by atoms with Crippen molar-refractivity contribution in [3.8, 4) is 0 Å². The second kappa shape index (κ2) is 5.17. The maximum Gasteiger partial charge on any atom is 0.250 e. The fourth-order valence-corrected chi connectivity index (χ4v) is 5.26. The minimum atomic E-state index is -0.808. The zero-order valence-electron chi connectivity index (χ0n) is 13.7. The number of nitrogens with zero attached hydrogens (tertiary/aromatic N) is 1. The second-order valence-corrected chi connectivity index (χ2v) is 7.30. The minimum absolute atomic E-state index is 0.00683. The first-order chi connectivity index (χ1) is 11.1. The summed E-state index contributed by atoms with van der Waals surface area (Å²) in [4.78, 5) is 28.6. The molecule has 1 N–H and O–H groups in total. The third-order valence-electron chi connectivity index (χ3n) is 6.32. The van der Waals surface area contributed by atoms with Gasteiger partial charge in [-0.1, -0.05) is 37.5 Å². The van der Waals surface area contributed by atoms with Crippen molar-refractivity contribution < 1.29 is 9.59 Å². The molecule has 4 nitrogen and oxygen atoms in total. The van der Waals surface area contributed by atoms with Crippen LogP contribution in [0.2, 0.25) is 0 Å². The molecule has 1 saturated heterocycles. The molecule has 2 unspecified atom stereocenters. The van der Waals surface area contributed by atoms with Crippen molar-refractivity contribution >= 4 is 17.4 Å². The summed E-state index contributed by atoms with van der Waals surface area (Å²) in [5.41, 5.74) is 0.510. The monoisotopic (exact) mass is 312 g/mol. The Hall–Kier alpha value is -1.68. The van der Waals surface area contributed by atoms with Crippen LogP contribution in [-0.2, 0) is 15.1 Å². The number of carbonyl (C=O) groups is 2. The molecular formula is C19H24N2O2. The highest BCUT2D eigenvalue weighted by molar-refractivity contribution is 6.10. The number of rotatable bonds is 0. The Balaban J connectivity index is 1.93. The number of amides is 1. The second-order valence-electron chi connectivity index (χ2n) is 7.30. The lowest BCUT2D eigenvalue weighted by Gasteiger charge is -2.44. The largest absolute Gasteiger partial charge is 0.324 e. The number of para-hydroxylation sites is 1. The smallest absolute Gasteiger partial charge is 0.250 e. The molecule has 1 saturated carbocycles. The van der Waals surface area contributed by atoms with Crippen molar-refractivity contribution in [3.63, 3.8) is 0 Å². The van der Waals surface area contributed by atoms with Crippen LogP contribution in [0.25, 0.3) is 0 Å². The van der Waals surface area contributed by atoms with Gasteiger partial charge in [0.2, 0.25) is 0 Å². The third-order valence-corrected chi connectivity index (χ3v) is 6.32. The van der Waals surface area contributed by atoms with E-state index >= 15 is 0 Å². The number of carbonyl (C=O) groups excluding carboxylic acids is 2. The first-order valence-electron chi connectivity index (χ1n) is 8.78. The predicted octanol–water partition coefficient (Wildman–Crippen LogP) is 3.08. The van der Waals surface area contributed by atoms with E-state index in [1.807, 2.05) is 31.3 Å². The number of benzene rings is 1. The van der Waals surface area contributed by atoms with Gasteiger partial charge in [0.05, 0.1) is 5.41 Å². The summed E-state index contributed by atoms with van der Waals surface area (Å²) in [6.07, 6.45) is 6.54. The maximum atomic E-state index is 13.2. The zero-order chi connectivity index (χ0) is 16.1. The van der Waals surface area contributed by atoms with Crippen LogP contribution in [0.3, 0.4) is 0 Å². The number of Topliss-reactive ketones (excluding diaryl/α,β-unsaturated/α-hetero) is 1. The molecule has 122 valence electrons.